The average Bonchev–Trinajstić information content (AvgIpc) is 2.89. The molecule has 1 nitrogen and oxygen atoms in total. The number of hydrogen-bond donors (Lipinski definition) is 0. The third-order valence-electron chi connectivity index (χ3n) is 8.13. The summed E-state index contributed by atoms with van der Waals surface area (Å²) in [6.45, 7) is 7.17. The summed E-state index contributed by atoms with van der Waals surface area (Å²) in [6.07, 6.45) is 14.1. The van der Waals surface area contributed by atoms with E-state index in [0.717, 1.165) is 24.2 Å². The van der Waals surface area contributed by atoms with Gasteiger partial charge in [-0.3, -0.25) is 4.79 Å². The van der Waals surface area contributed by atoms with Crippen molar-refractivity contribution in [2.75, 3.05) is 0 Å². The zero-order chi connectivity index (χ0) is 15.5. The van der Waals surface area contributed by atoms with Gasteiger partial charge in [0.05, 0.1) is 0 Å². The van der Waals surface area contributed by atoms with Gasteiger partial charge in [-0.1, -0.05) is 39.2 Å². The molecule has 0 aromatic carbocycles. The van der Waals surface area contributed by atoms with Crippen LogP contribution in [0.25, 0.3) is 0 Å². The number of ketones is 1. The molecule has 0 spiro atoms. The van der Waals surface area contributed by atoms with E-state index in [1.54, 1.807) is 0 Å². The maximum absolute atomic E-state index is 12.1. The Bertz CT molecular complexity index is 514. The molecule has 1 heteroatoms. The minimum absolute atomic E-state index is 0.190. The summed E-state index contributed by atoms with van der Waals surface area (Å²) in [5.74, 6) is 3.89. The lowest BCUT2D eigenvalue weighted by Crippen LogP contribution is -2.49. The smallest absolute Gasteiger partial charge is 0.156 e. The topological polar surface area (TPSA) is 17.1 Å². The molecule has 4 rings (SSSR count). The van der Waals surface area contributed by atoms with Gasteiger partial charge in [-0.25, -0.2) is 0 Å². The Labute approximate surface area is 135 Å². The van der Waals surface area contributed by atoms with Crippen molar-refractivity contribution >= 4 is 5.78 Å². The highest BCUT2D eigenvalue weighted by atomic mass is 16.1. The van der Waals surface area contributed by atoms with E-state index in [9.17, 15) is 4.79 Å². The zero-order valence-corrected chi connectivity index (χ0v) is 14.7. The molecule has 0 aliphatic heterocycles. The molecule has 0 unspecified atom stereocenters. The van der Waals surface area contributed by atoms with Crippen molar-refractivity contribution in [2.45, 2.75) is 78.6 Å². The van der Waals surface area contributed by atoms with E-state index in [4.69, 9.17) is 0 Å². The van der Waals surface area contributed by atoms with Crippen LogP contribution >= 0.6 is 0 Å². The standard InChI is InChI=1S/C21H32O/c1-4-21-10-5-6-18(21)16-8-7-14-12-15(22)13-20(2,3)19(14)17(16)9-11-21/h12,16-19H,4-11,13H2,1-3H3/t16-,17+,18+,19+,21+/m1/s1. The fourth-order valence-electron chi connectivity index (χ4n) is 7.38. The van der Waals surface area contributed by atoms with Gasteiger partial charge in [-0.15, -0.1) is 0 Å². The van der Waals surface area contributed by atoms with E-state index in [2.05, 4.69) is 20.8 Å². The first-order valence-electron chi connectivity index (χ1n) is 9.70. The van der Waals surface area contributed by atoms with E-state index >= 15 is 0 Å². The number of carbonyl (C=O) groups excluding carboxylic acids is 1. The highest BCUT2D eigenvalue weighted by Gasteiger charge is 2.56. The molecule has 4 aliphatic carbocycles. The molecule has 0 radical (unpaired) electrons. The van der Waals surface area contributed by atoms with Crippen molar-refractivity contribution in [1.29, 1.82) is 0 Å². The monoisotopic (exact) mass is 300 g/mol. The molecule has 0 bridgehead atoms. The average molecular weight is 300 g/mol. The molecule has 3 saturated carbocycles. The molecule has 0 aromatic heterocycles. The number of hydrogen-bond acceptors (Lipinski definition) is 1. The predicted octanol–water partition coefficient (Wildman–Crippen LogP) is 5.54. The molecule has 0 heterocycles. The Morgan fingerprint density at radius 1 is 1.14 bits per heavy atom. The first-order chi connectivity index (χ1) is 10.5. The molecule has 122 valence electrons. The van der Waals surface area contributed by atoms with E-state index < -0.39 is 0 Å². The van der Waals surface area contributed by atoms with Gasteiger partial charge in [0.15, 0.2) is 5.78 Å². The van der Waals surface area contributed by atoms with E-state index in [-0.39, 0.29) is 5.41 Å². The summed E-state index contributed by atoms with van der Waals surface area (Å²) < 4.78 is 0. The van der Waals surface area contributed by atoms with Crippen LogP contribution in [0.5, 0.6) is 0 Å². The van der Waals surface area contributed by atoms with Crippen molar-refractivity contribution in [3.05, 3.63) is 11.6 Å². The first-order valence-corrected chi connectivity index (χ1v) is 9.70. The second-order valence-electron chi connectivity index (χ2n) is 9.45. The van der Waals surface area contributed by atoms with Crippen LogP contribution in [-0.2, 0) is 4.79 Å². The van der Waals surface area contributed by atoms with Crippen molar-refractivity contribution in [3.63, 3.8) is 0 Å². The second-order valence-corrected chi connectivity index (χ2v) is 9.45. The van der Waals surface area contributed by atoms with Gasteiger partial charge in [0.2, 0.25) is 0 Å². The zero-order valence-electron chi connectivity index (χ0n) is 14.7. The maximum Gasteiger partial charge on any atom is 0.156 e. The molecule has 0 amide bonds. The summed E-state index contributed by atoms with van der Waals surface area (Å²) in [7, 11) is 0. The lowest BCUT2D eigenvalue weighted by atomic mass is 9.48. The second kappa shape index (κ2) is 4.95. The van der Waals surface area contributed by atoms with Crippen LogP contribution in [0.1, 0.15) is 78.6 Å². The molecule has 0 aromatic rings. The third kappa shape index (κ3) is 2.00. The lowest BCUT2D eigenvalue weighted by Gasteiger charge is -2.57. The summed E-state index contributed by atoms with van der Waals surface area (Å²) in [6, 6.07) is 0. The number of carbonyl (C=O) groups is 1. The summed E-state index contributed by atoms with van der Waals surface area (Å²) >= 11 is 0. The Balaban J connectivity index is 1.69. The van der Waals surface area contributed by atoms with Crippen LogP contribution in [0.15, 0.2) is 11.6 Å². The fraction of sp³-hybridized carbons (Fsp3) is 0.857. The third-order valence-corrected chi connectivity index (χ3v) is 8.13. The van der Waals surface area contributed by atoms with Gasteiger partial charge in [0.25, 0.3) is 0 Å². The van der Waals surface area contributed by atoms with E-state index in [1.165, 1.54) is 56.9 Å². The highest BCUT2D eigenvalue weighted by molar-refractivity contribution is 5.92. The molecule has 0 saturated heterocycles. The van der Waals surface area contributed by atoms with Crippen LogP contribution in [0.3, 0.4) is 0 Å². The first kappa shape index (κ1) is 15.0. The van der Waals surface area contributed by atoms with E-state index in [0.29, 0.717) is 17.1 Å². The van der Waals surface area contributed by atoms with Crippen LogP contribution in [0.4, 0.5) is 0 Å². The van der Waals surface area contributed by atoms with Crippen LogP contribution < -0.4 is 0 Å². The minimum Gasteiger partial charge on any atom is -0.295 e. The lowest BCUT2D eigenvalue weighted by molar-refractivity contribution is -0.120. The van der Waals surface area contributed by atoms with E-state index in [1.807, 2.05) is 6.08 Å². The molecule has 22 heavy (non-hydrogen) atoms. The molecule has 0 N–H and O–H groups in total. The number of allylic oxidation sites excluding steroid dienone is 1. The van der Waals surface area contributed by atoms with Gasteiger partial charge in [-0.05, 0) is 79.1 Å². The van der Waals surface area contributed by atoms with Crippen LogP contribution in [-0.4, -0.2) is 5.78 Å². The van der Waals surface area contributed by atoms with Crippen molar-refractivity contribution in [3.8, 4) is 0 Å². The van der Waals surface area contributed by atoms with Crippen LogP contribution in [0.2, 0.25) is 0 Å². The molecule has 4 aliphatic rings. The maximum atomic E-state index is 12.1. The minimum atomic E-state index is 0.190. The highest BCUT2D eigenvalue weighted by Crippen LogP contribution is 2.64. The SMILES string of the molecule is CC[C@@]12CCC[C@H]1[C@@H]1CCC3=CC(=O)CC(C)(C)[C@@H]3[C@H]1CC2. The quantitative estimate of drug-likeness (QED) is 0.621. The largest absolute Gasteiger partial charge is 0.295 e. The molecular formula is C21H32O. The molecule has 5 atom stereocenters. The Hall–Kier alpha value is -0.590. The van der Waals surface area contributed by atoms with Gasteiger partial charge >= 0.3 is 0 Å². The van der Waals surface area contributed by atoms with Crippen LogP contribution in [0, 0.1) is 34.5 Å². The molecular weight excluding hydrogens is 268 g/mol. The van der Waals surface area contributed by atoms with Gasteiger partial charge in [-0.2, -0.15) is 0 Å². The summed E-state index contributed by atoms with van der Waals surface area (Å²) in [5.41, 5.74) is 2.40. The van der Waals surface area contributed by atoms with Gasteiger partial charge in [0.1, 0.15) is 0 Å². The molecule has 3 fully saturated rings. The van der Waals surface area contributed by atoms with Crippen molar-refractivity contribution < 1.29 is 4.79 Å². The van der Waals surface area contributed by atoms with Gasteiger partial charge in [0, 0.05) is 6.42 Å². The summed E-state index contributed by atoms with van der Waals surface area (Å²) in [4.78, 5) is 12.1. The number of fused-ring (bicyclic) bond motifs is 5. The van der Waals surface area contributed by atoms with Gasteiger partial charge < -0.3 is 0 Å². The Morgan fingerprint density at radius 3 is 2.73 bits per heavy atom. The normalized spacial score (nSPS) is 46.5. The van der Waals surface area contributed by atoms with Crippen molar-refractivity contribution in [2.24, 2.45) is 34.5 Å². The Morgan fingerprint density at radius 2 is 1.95 bits per heavy atom. The number of rotatable bonds is 1. The van der Waals surface area contributed by atoms with Crippen molar-refractivity contribution in [1.82, 2.24) is 0 Å². The fourth-order valence-corrected chi connectivity index (χ4v) is 7.38. The summed E-state index contributed by atoms with van der Waals surface area (Å²) in [5, 5.41) is 0. The Kier molecular flexibility index (Phi) is 3.37. The predicted molar refractivity (Wildman–Crippen MR) is 90.5 cm³/mol.